The second-order valence-corrected chi connectivity index (χ2v) is 5.55. The summed E-state index contributed by atoms with van der Waals surface area (Å²) in [6.07, 6.45) is 8.59. The van der Waals surface area contributed by atoms with Gasteiger partial charge in [-0.3, -0.25) is 0 Å². The Bertz CT molecular complexity index is 187. The Morgan fingerprint density at radius 1 is 1.13 bits per heavy atom. The van der Waals surface area contributed by atoms with Gasteiger partial charge in [0.15, 0.2) is 0 Å². The zero-order chi connectivity index (χ0) is 10.7. The third-order valence-electron chi connectivity index (χ3n) is 4.54. The van der Waals surface area contributed by atoms with E-state index < -0.39 is 0 Å². The van der Waals surface area contributed by atoms with Crippen LogP contribution in [0.25, 0.3) is 0 Å². The smallest absolute Gasteiger partial charge is 0.00953 e. The Labute approximate surface area is 94.2 Å². The number of nitrogens with two attached hydrogens (primary N) is 1. The highest BCUT2D eigenvalue weighted by Crippen LogP contribution is 2.29. The molecule has 1 saturated heterocycles. The fourth-order valence-corrected chi connectivity index (χ4v) is 3.26. The van der Waals surface area contributed by atoms with Gasteiger partial charge in [-0.1, -0.05) is 26.2 Å². The summed E-state index contributed by atoms with van der Waals surface area (Å²) in [7, 11) is 0. The molecule has 2 rings (SSSR count). The lowest BCUT2D eigenvalue weighted by atomic mass is 9.84. The molecule has 88 valence electrons. The quantitative estimate of drug-likeness (QED) is 0.757. The minimum atomic E-state index is 0.751. The van der Waals surface area contributed by atoms with Gasteiger partial charge >= 0.3 is 0 Å². The molecular weight excluding hydrogens is 184 g/mol. The molecule has 0 aromatic carbocycles. The summed E-state index contributed by atoms with van der Waals surface area (Å²) in [4.78, 5) is 2.73. The van der Waals surface area contributed by atoms with Crippen molar-refractivity contribution in [3.63, 3.8) is 0 Å². The average Bonchev–Trinajstić information content (AvgIpc) is 2.31. The fourth-order valence-electron chi connectivity index (χ4n) is 3.26. The van der Waals surface area contributed by atoms with Crippen LogP contribution >= 0.6 is 0 Å². The predicted molar refractivity (Wildman–Crippen MR) is 64.8 cm³/mol. The molecule has 1 heterocycles. The van der Waals surface area contributed by atoms with E-state index in [1.807, 2.05) is 0 Å². The molecule has 2 atom stereocenters. The molecule has 0 bridgehead atoms. The molecule has 2 heteroatoms. The highest BCUT2D eigenvalue weighted by Gasteiger charge is 2.29. The van der Waals surface area contributed by atoms with Crippen molar-refractivity contribution in [3.8, 4) is 0 Å². The first kappa shape index (κ1) is 11.4. The number of likely N-dealkylation sites (tertiary alicyclic amines) is 1. The van der Waals surface area contributed by atoms with E-state index in [2.05, 4.69) is 11.8 Å². The Kier molecular flexibility index (Phi) is 4.04. The van der Waals surface area contributed by atoms with E-state index in [1.165, 1.54) is 51.6 Å². The van der Waals surface area contributed by atoms with Crippen molar-refractivity contribution in [2.24, 2.45) is 17.6 Å². The maximum absolute atomic E-state index is 5.86. The third-order valence-corrected chi connectivity index (χ3v) is 4.54. The SMILES string of the molecule is CC1CCN(C2CCCCC2)CC1CN. The van der Waals surface area contributed by atoms with Crippen LogP contribution < -0.4 is 5.73 Å². The first-order valence-electron chi connectivity index (χ1n) is 6.75. The topological polar surface area (TPSA) is 29.3 Å². The number of nitrogens with zero attached hydrogens (tertiary/aromatic N) is 1. The minimum Gasteiger partial charge on any atom is -0.330 e. The van der Waals surface area contributed by atoms with Gasteiger partial charge in [-0.2, -0.15) is 0 Å². The Hall–Kier alpha value is -0.0800. The van der Waals surface area contributed by atoms with E-state index in [0.717, 1.165) is 24.4 Å². The van der Waals surface area contributed by atoms with Crippen LogP contribution in [0.3, 0.4) is 0 Å². The molecule has 1 saturated carbocycles. The van der Waals surface area contributed by atoms with E-state index >= 15 is 0 Å². The van der Waals surface area contributed by atoms with E-state index in [0.29, 0.717) is 0 Å². The Balaban J connectivity index is 1.87. The molecule has 0 radical (unpaired) electrons. The van der Waals surface area contributed by atoms with Crippen LogP contribution in [-0.4, -0.2) is 30.6 Å². The summed E-state index contributed by atoms with van der Waals surface area (Å²) in [5.74, 6) is 1.59. The van der Waals surface area contributed by atoms with Crippen molar-refractivity contribution < 1.29 is 0 Å². The first-order valence-corrected chi connectivity index (χ1v) is 6.75. The normalized spacial score (nSPS) is 35.6. The standard InChI is InChI=1S/C13H26N2/c1-11-7-8-15(10-12(11)9-14)13-5-3-2-4-6-13/h11-13H,2-10,14H2,1H3. The summed E-state index contributed by atoms with van der Waals surface area (Å²) >= 11 is 0. The van der Waals surface area contributed by atoms with Gasteiger partial charge in [0, 0.05) is 12.6 Å². The van der Waals surface area contributed by atoms with Gasteiger partial charge in [-0.05, 0) is 44.2 Å². The average molecular weight is 210 g/mol. The van der Waals surface area contributed by atoms with Gasteiger partial charge in [0.2, 0.25) is 0 Å². The van der Waals surface area contributed by atoms with Crippen LogP contribution in [0.15, 0.2) is 0 Å². The summed E-state index contributed by atoms with van der Waals surface area (Å²) < 4.78 is 0. The molecule has 15 heavy (non-hydrogen) atoms. The van der Waals surface area contributed by atoms with E-state index in [9.17, 15) is 0 Å². The number of piperidine rings is 1. The zero-order valence-electron chi connectivity index (χ0n) is 10.1. The van der Waals surface area contributed by atoms with Crippen molar-refractivity contribution in [2.45, 2.75) is 51.5 Å². The Morgan fingerprint density at radius 3 is 2.53 bits per heavy atom. The first-order chi connectivity index (χ1) is 7.31. The largest absolute Gasteiger partial charge is 0.330 e. The second-order valence-electron chi connectivity index (χ2n) is 5.55. The summed E-state index contributed by atoms with van der Waals surface area (Å²) in [5, 5.41) is 0. The molecule has 1 aliphatic carbocycles. The van der Waals surface area contributed by atoms with Crippen molar-refractivity contribution in [1.29, 1.82) is 0 Å². The van der Waals surface area contributed by atoms with Crippen LogP contribution in [0.1, 0.15) is 45.4 Å². The van der Waals surface area contributed by atoms with Crippen molar-refractivity contribution in [2.75, 3.05) is 19.6 Å². The van der Waals surface area contributed by atoms with Crippen LogP contribution in [0, 0.1) is 11.8 Å². The zero-order valence-corrected chi connectivity index (χ0v) is 10.1. The molecule has 2 unspecified atom stereocenters. The minimum absolute atomic E-state index is 0.751. The summed E-state index contributed by atoms with van der Waals surface area (Å²) in [6, 6.07) is 0.889. The van der Waals surface area contributed by atoms with Gasteiger partial charge in [0.25, 0.3) is 0 Å². The highest BCUT2D eigenvalue weighted by atomic mass is 15.2. The molecule has 2 fully saturated rings. The lowest BCUT2D eigenvalue weighted by Gasteiger charge is -2.42. The maximum Gasteiger partial charge on any atom is 0.00953 e. The summed E-state index contributed by atoms with van der Waals surface area (Å²) in [6.45, 7) is 5.84. The van der Waals surface area contributed by atoms with Crippen molar-refractivity contribution in [1.82, 2.24) is 4.90 Å². The maximum atomic E-state index is 5.86. The highest BCUT2D eigenvalue weighted by molar-refractivity contribution is 4.84. The lowest BCUT2D eigenvalue weighted by molar-refractivity contribution is 0.0729. The Morgan fingerprint density at radius 2 is 1.87 bits per heavy atom. The van der Waals surface area contributed by atoms with Crippen LogP contribution in [-0.2, 0) is 0 Å². The van der Waals surface area contributed by atoms with Gasteiger partial charge in [0.1, 0.15) is 0 Å². The van der Waals surface area contributed by atoms with E-state index in [-0.39, 0.29) is 0 Å². The van der Waals surface area contributed by atoms with Crippen molar-refractivity contribution >= 4 is 0 Å². The number of hydrogen-bond acceptors (Lipinski definition) is 2. The lowest BCUT2D eigenvalue weighted by Crippen LogP contribution is -2.47. The van der Waals surface area contributed by atoms with E-state index in [4.69, 9.17) is 5.73 Å². The number of rotatable bonds is 2. The van der Waals surface area contributed by atoms with E-state index in [1.54, 1.807) is 0 Å². The molecule has 2 nitrogen and oxygen atoms in total. The third kappa shape index (κ3) is 2.73. The van der Waals surface area contributed by atoms with Gasteiger partial charge in [-0.15, -0.1) is 0 Å². The summed E-state index contributed by atoms with van der Waals surface area (Å²) in [5.41, 5.74) is 5.86. The second kappa shape index (κ2) is 5.31. The number of hydrogen-bond donors (Lipinski definition) is 1. The predicted octanol–water partition coefficient (Wildman–Crippen LogP) is 2.24. The monoisotopic (exact) mass is 210 g/mol. The molecule has 0 amide bonds. The van der Waals surface area contributed by atoms with Gasteiger partial charge in [-0.25, -0.2) is 0 Å². The van der Waals surface area contributed by atoms with Crippen LogP contribution in [0.2, 0.25) is 0 Å². The molecule has 0 spiro atoms. The molecule has 0 aromatic rings. The molecule has 0 aromatic heterocycles. The van der Waals surface area contributed by atoms with Crippen LogP contribution in [0.5, 0.6) is 0 Å². The van der Waals surface area contributed by atoms with Crippen LogP contribution in [0.4, 0.5) is 0 Å². The van der Waals surface area contributed by atoms with Gasteiger partial charge < -0.3 is 10.6 Å². The molecule has 2 N–H and O–H groups in total. The molecular formula is C13H26N2. The van der Waals surface area contributed by atoms with Crippen molar-refractivity contribution in [3.05, 3.63) is 0 Å². The molecule has 1 aliphatic heterocycles. The fraction of sp³-hybridized carbons (Fsp3) is 1.00. The molecule has 2 aliphatic rings. The van der Waals surface area contributed by atoms with Gasteiger partial charge in [0.05, 0.1) is 0 Å².